The summed E-state index contributed by atoms with van der Waals surface area (Å²) in [6.07, 6.45) is 10.7. The Balaban J connectivity index is 1.79. The second-order valence-electron chi connectivity index (χ2n) is 7.61. The summed E-state index contributed by atoms with van der Waals surface area (Å²) < 4.78 is 11.6. The van der Waals surface area contributed by atoms with Crippen LogP contribution in [0.15, 0.2) is 35.5 Å². The predicted molar refractivity (Wildman–Crippen MR) is 91.0 cm³/mol. The van der Waals surface area contributed by atoms with E-state index in [-0.39, 0.29) is 23.6 Å². The summed E-state index contributed by atoms with van der Waals surface area (Å²) in [7, 11) is 0. The molecule has 126 valence electrons. The average molecular weight is 316 g/mol. The van der Waals surface area contributed by atoms with Crippen molar-refractivity contribution >= 4 is 5.97 Å². The van der Waals surface area contributed by atoms with Gasteiger partial charge in [-0.15, -0.1) is 0 Å². The smallest absolute Gasteiger partial charge is 0.334 e. The molecule has 0 saturated carbocycles. The number of fused-ring (bicyclic) bond motifs is 2. The van der Waals surface area contributed by atoms with E-state index in [4.69, 9.17) is 9.47 Å². The summed E-state index contributed by atoms with van der Waals surface area (Å²) in [5.74, 6) is -0.131. The minimum atomic E-state index is -0.228. The van der Waals surface area contributed by atoms with Crippen molar-refractivity contribution in [3.05, 3.63) is 35.5 Å². The minimum absolute atomic E-state index is 0.0892. The summed E-state index contributed by atoms with van der Waals surface area (Å²) in [6.45, 7) is 10.5. The van der Waals surface area contributed by atoms with Gasteiger partial charge in [0.1, 0.15) is 6.10 Å². The third-order valence-electron chi connectivity index (χ3n) is 5.61. The Morgan fingerprint density at radius 3 is 2.74 bits per heavy atom. The van der Waals surface area contributed by atoms with Gasteiger partial charge in [-0.3, -0.25) is 0 Å². The highest BCUT2D eigenvalue weighted by atomic mass is 16.6. The summed E-state index contributed by atoms with van der Waals surface area (Å²) in [5, 5.41) is 0. The molecule has 2 saturated heterocycles. The van der Waals surface area contributed by atoms with E-state index in [0.29, 0.717) is 11.7 Å². The maximum Gasteiger partial charge on any atom is 0.334 e. The molecule has 0 bridgehead atoms. The van der Waals surface area contributed by atoms with Crippen molar-refractivity contribution in [1.29, 1.82) is 0 Å². The normalized spacial score (nSPS) is 43.2. The topological polar surface area (TPSA) is 38.8 Å². The number of rotatable bonds is 0. The van der Waals surface area contributed by atoms with Crippen LogP contribution in [0.3, 0.4) is 0 Å². The Bertz CT molecular complexity index is 571. The third-order valence-corrected chi connectivity index (χ3v) is 5.61. The van der Waals surface area contributed by atoms with Gasteiger partial charge < -0.3 is 9.47 Å². The van der Waals surface area contributed by atoms with Crippen LogP contribution in [0.4, 0.5) is 0 Å². The molecule has 4 atom stereocenters. The van der Waals surface area contributed by atoms with Gasteiger partial charge in [-0.1, -0.05) is 29.9 Å². The molecular weight excluding hydrogens is 288 g/mol. The lowest BCUT2D eigenvalue weighted by atomic mass is 9.85. The van der Waals surface area contributed by atoms with Crippen LogP contribution in [0.1, 0.15) is 59.3 Å². The SMILES string of the molecule is C=C1C(=O)O[C@H]2C[C@]3(C)O[C@H]3CC/C(C)=C\CC/C(C)=C\C[C@H]12. The fraction of sp³-hybridized carbons (Fsp3) is 0.650. The minimum Gasteiger partial charge on any atom is -0.458 e. The molecule has 0 aromatic heterocycles. The lowest BCUT2D eigenvalue weighted by molar-refractivity contribution is -0.139. The van der Waals surface area contributed by atoms with Crippen LogP contribution in [0.5, 0.6) is 0 Å². The van der Waals surface area contributed by atoms with E-state index in [1.807, 2.05) is 0 Å². The van der Waals surface area contributed by atoms with E-state index in [0.717, 1.165) is 38.5 Å². The molecule has 0 radical (unpaired) electrons. The molecule has 0 amide bonds. The van der Waals surface area contributed by atoms with Crippen molar-refractivity contribution in [2.24, 2.45) is 5.92 Å². The molecule has 3 rings (SSSR count). The monoisotopic (exact) mass is 316 g/mol. The van der Waals surface area contributed by atoms with Crippen LogP contribution in [-0.4, -0.2) is 23.8 Å². The van der Waals surface area contributed by atoms with Crippen molar-refractivity contribution in [3.63, 3.8) is 0 Å². The van der Waals surface area contributed by atoms with E-state index in [2.05, 4.69) is 39.5 Å². The van der Waals surface area contributed by atoms with Crippen molar-refractivity contribution in [1.82, 2.24) is 0 Å². The Hall–Kier alpha value is -1.35. The van der Waals surface area contributed by atoms with Gasteiger partial charge in [-0.2, -0.15) is 0 Å². The number of carbonyl (C=O) groups excluding carboxylic acids is 1. The largest absolute Gasteiger partial charge is 0.458 e. The number of epoxide rings is 1. The van der Waals surface area contributed by atoms with Crippen LogP contribution in [-0.2, 0) is 14.3 Å². The van der Waals surface area contributed by atoms with Gasteiger partial charge in [0.2, 0.25) is 0 Å². The van der Waals surface area contributed by atoms with E-state index in [9.17, 15) is 4.79 Å². The first-order valence-corrected chi connectivity index (χ1v) is 8.78. The van der Waals surface area contributed by atoms with Crippen LogP contribution in [0.2, 0.25) is 0 Å². The number of ether oxygens (including phenoxy) is 2. The van der Waals surface area contributed by atoms with Gasteiger partial charge >= 0.3 is 5.97 Å². The quantitative estimate of drug-likeness (QED) is 0.286. The number of hydrogen-bond donors (Lipinski definition) is 0. The Labute approximate surface area is 139 Å². The third kappa shape index (κ3) is 3.60. The van der Waals surface area contributed by atoms with Crippen molar-refractivity contribution in [3.8, 4) is 0 Å². The lowest BCUT2D eigenvalue weighted by Gasteiger charge is -2.19. The first-order valence-electron chi connectivity index (χ1n) is 8.78. The summed E-state index contributed by atoms with van der Waals surface area (Å²) >= 11 is 0. The molecule has 2 aliphatic heterocycles. The highest BCUT2D eigenvalue weighted by molar-refractivity contribution is 5.90. The Morgan fingerprint density at radius 1 is 1.22 bits per heavy atom. The van der Waals surface area contributed by atoms with E-state index in [1.165, 1.54) is 11.1 Å². The fourth-order valence-corrected chi connectivity index (χ4v) is 3.82. The summed E-state index contributed by atoms with van der Waals surface area (Å²) in [6, 6.07) is 0. The van der Waals surface area contributed by atoms with E-state index in [1.54, 1.807) is 0 Å². The van der Waals surface area contributed by atoms with Gasteiger partial charge in [0, 0.05) is 17.9 Å². The molecule has 1 aliphatic carbocycles. The molecule has 3 heteroatoms. The van der Waals surface area contributed by atoms with Gasteiger partial charge in [0.15, 0.2) is 0 Å². The fourth-order valence-electron chi connectivity index (χ4n) is 3.82. The van der Waals surface area contributed by atoms with Crippen molar-refractivity contribution in [2.75, 3.05) is 0 Å². The lowest BCUT2D eigenvalue weighted by Crippen LogP contribution is -2.25. The average Bonchev–Trinajstić information content (AvgIpc) is 3.05. The zero-order valence-electron chi connectivity index (χ0n) is 14.6. The standard InChI is InChI=1S/C20H28O3/c1-13-6-5-7-14(2)9-11-18-20(4,23-18)12-17-16(10-8-13)15(3)19(21)22-17/h7-8,16-18H,3,5-6,9-12H2,1-2,4H3/b13-8-,14-7-/t16-,17+,18+,20+/m1/s1. The molecule has 0 spiro atoms. The molecule has 2 fully saturated rings. The van der Waals surface area contributed by atoms with Gasteiger partial charge in [0.25, 0.3) is 0 Å². The molecule has 0 N–H and O–H groups in total. The van der Waals surface area contributed by atoms with Crippen LogP contribution < -0.4 is 0 Å². The van der Waals surface area contributed by atoms with E-state index >= 15 is 0 Å². The number of allylic oxidation sites excluding steroid dienone is 4. The van der Waals surface area contributed by atoms with Gasteiger partial charge in [0.05, 0.1) is 11.7 Å². The molecule has 3 nitrogen and oxygen atoms in total. The molecule has 3 aliphatic rings. The molecule has 23 heavy (non-hydrogen) atoms. The summed E-state index contributed by atoms with van der Waals surface area (Å²) in [5.41, 5.74) is 3.31. The number of carbonyl (C=O) groups is 1. The predicted octanol–water partition coefficient (Wildman–Crippen LogP) is 4.49. The number of esters is 1. The second-order valence-corrected chi connectivity index (χ2v) is 7.61. The molecule has 0 unspecified atom stereocenters. The zero-order chi connectivity index (χ0) is 16.6. The van der Waals surface area contributed by atoms with Crippen molar-refractivity contribution in [2.45, 2.75) is 77.1 Å². The van der Waals surface area contributed by atoms with Crippen LogP contribution >= 0.6 is 0 Å². The first kappa shape index (κ1) is 16.5. The van der Waals surface area contributed by atoms with E-state index < -0.39 is 0 Å². The maximum atomic E-state index is 11.9. The van der Waals surface area contributed by atoms with Gasteiger partial charge in [-0.25, -0.2) is 4.79 Å². The summed E-state index contributed by atoms with van der Waals surface area (Å²) in [4.78, 5) is 11.9. The molecule has 0 aromatic rings. The van der Waals surface area contributed by atoms with Gasteiger partial charge in [-0.05, 0) is 52.9 Å². The first-order chi connectivity index (χ1) is 10.9. The van der Waals surface area contributed by atoms with Crippen molar-refractivity contribution < 1.29 is 14.3 Å². The van der Waals surface area contributed by atoms with Crippen LogP contribution in [0.25, 0.3) is 0 Å². The number of hydrogen-bond acceptors (Lipinski definition) is 3. The van der Waals surface area contributed by atoms with Crippen LogP contribution in [0, 0.1) is 5.92 Å². The Kier molecular flexibility index (Phi) is 4.50. The Morgan fingerprint density at radius 2 is 1.96 bits per heavy atom. The highest BCUT2D eigenvalue weighted by Gasteiger charge is 2.55. The maximum absolute atomic E-state index is 11.9. The zero-order valence-corrected chi connectivity index (χ0v) is 14.6. The highest BCUT2D eigenvalue weighted by Crippen LogP contribution is 2.47. The molecule has 0 aromatic carbocycles. The molecule has 2 heterocycles. The molecular formula is C20H28O3. The second kappa shape index (κ2) is 6.27.